The second kappa shape index (κ2) is 6.99. The van der Waals surface area contributed by atoms with Crippen molar-refractivity contribution in [2.75, 3.05) is 30.8 Å². The number of hydrogen-bond acceptors (Lipinski definition) is 5. The number of nitrogens with zero attached hydrogens (tertiary/aromatic N) is 1. The molecular weight excluding hydrogens is 320 g/mol. The molecule has 126 valence electrons. The Bertz CT molecular complexity index is 698. The molecule has 0 unspecified atom stereocenters. The van der Waals surface area contributed by atoms with Crippen molar-refractivity contribution in [2.45, 2.75) is 12.8 Å². The van der Waals surface area contributed by atoms with Crippen LogP contribution in [0.25, 0.3) is 0 Å². The van der Waals surface area contributed by atoms with E-state index in [4.69, 9.17) is 4.74 Å². The van der Waals surface area contributed by atoms with E-state index in [0.29, 0.717) is 0 Å². The fourth-order valence-corrected chi connectivity index (χ4v) is 3.15. The quantitative estimate of drug-likeness (QED) is 0.740. The minimum absolute atomic E-state index is 0.0469. The second-order valence-corrected chi connectivity index (χ2v) is 7.32. The van der Waals surface area contributed by atoms with Gasteiger partial charge in [0, 0.05) is 12.5 Å². The van der Waals surface area contributed by atoms with Crippen molar-refractivity contribution in [1.29, 1.82) is 0 Å². The van der Waals surface area contributed by atoms with Gasteiger partial charge < -0.3 is 10.1 Å². The van der Waals surface area contributed by atoms with Crippen LogP contribution in [0.4, 0.5) is 5.69 Å². The molecule has 1 aliphatic rings. The monoisotopic (exact) mass is 340 g/mol. The Hall–Kier alpha value is -2.09. The van der Waals surface area contributed by atoms with Gasteiger partial charge in [0.15, 0.2) is 0 Å². The maximum absolute atomic E-state index is 12.1. The van der Waals surface area contributed by atoms with Crippen LogP contribution in [0.15, 0.2) is 24.3 Å². The van der Waals surface area contributed by atoms with Crippen molar-refractivity contribution in [3.05, 3.63) is 29.8 Å². The van der Waals surface area contributed by atoms with Gasteiger partial charge in [0.05, 0.1) is 31.2 Å². The van der Waals surface area contributed by atoms with Crippen molar-refractivity contribution >= 4 is 27.6 Å². The van der Waals surface area contributed by atoms with Gasteiger partial charge >= 0.3 is 5.97 Å². The molecule has 1 amide bonds. The number of amides is 1. The fraction of sp³-hybridized carbons (Fsp3) is 0.467. The summed E-state index contributed by atoms with van der Waals surface area (Å²) in [6.07, 6.45) is 2.82. The summed E-state index contributed by atoms with van der Waals surface area (Å²) in [5.41, 5.74) is 0.400. The molecule has 1 saturated carbocycles. The van der Waals surface area contributed by atoms with Crippen LogP contribution in [0.1, 0.15) is 23.2 Å². The Balaban J connectivity index is 2.18. The Kier molecular flexibility index (Phi) is 5.25. The Morgan fingerprint density at radius 3 is 2.52 bits per heavy atom. The number of carbonyl (C=O) groups is 2. The summed E-state index contributed by atoms with van der Waals surface area (Å²) in [5.74, 6) is -0.611. The molecule has 2 rings (SSSR count). The van der Waals surface area contributed by atoms with Gasteiger partial charge in [0.2, 0.25) is 15.9 Å². The van der Waals surface area contributed by atoms with Gasteiger partial charge in [0.1, 0.15) is 0 Å². The molecule has 0 bridgehead atoms. The summed E-state index contributed by atoms with van der Waals surface area (Å²) >= 11 is 0. The summed E-state index contributed by atoms with van der Waals surface area (Å²) in [6.45, 7) is 0.225. The highest BCUT2D eigenvalue weighted by molar-refractivity contribution is 7.92. The summed E-state index contributed by atoms with van der Waals surface area (Å²) in [7, 11) is -2.37. The predicted molar refractivity (Wildman–Crippen MR) is 85.7 cm³/mol. The lowest BCUT2D eigenvalue weighted by atomic mass is 10.2. The maximum Gasteiger partial charge on any atom is 0.340 e. The van der Waals surface area contributed by atoms with Gasteiger partial charge in [-0.2, -0.15) is 0 Å². The smallest absolute Gasteiger partial charge is 0.340 e. The molecule has 8 heteroatoms. The van der Waals surface area contributed by atoms with Gasteiger partial charge in [0.25, 0.3) is 0 Å². The van der Waals surface area contributed by atoms with Crippen LogP contribution in [-0.2, 0) is 19.6 Å². The van der Waals surface area contributed by atoms with Crippen LogP contribution in [0, 0.1) is 5.92 Å². The fourth-order valence-electron chi connectivity index (χ4n) is 2.21. The standard InChI is InChI=1S/C15H20N2O5S/c1-22-15(19)12-5-3-4-6-13(12)17(23(2,20)21)10-9-16-14(18)11-7-8-11/h3-6,11H,7-10H2,1-2H3,(H,16,18). The highest BCUT2D eigenvalue weighted by Crippen LogP contribution is 2.28. The SMILES string of the molecule is COC(=O)c1ccccc1N(CCNC(=O)C1CC1)S(C)(=O)=O. The van der Waals surface area contributed by atoms with Crippen molar-refractivity contribution in [3.63, 3.8) is 0 Å². The van der Waals surface area contributed by atoms with Crippen LogP contribution in [0.2, 0.25) is 0 Å². The number of hydrogen-bond donors (Lipinski definition) is 1. The molecule has 0 heterocycles. The highest BCUT2D eigenvalue weighted by atomic mass is 32.2. The lowest BCUT2D eigenvalue weighted by molar-refractivity contribution is -0.122. The number of nitrogens with one attached hydrogen (secondary N) is 1. The zero-order valence-corrected chi connectivity index (χ0v) is 13.9. The number of rotatable bonds is 7. The lowest BCUT2D eigenvalue weighted by Gasteiger charge is -2.24. The number of methoxy groups -OCH3 is 1. The molecule has 0 saturated heterocycles. The van der Waals surface area contributed by atoms with E-state index in [2.05, 4.69) is 5.32 Å². The van der Waals surface area contributed by atoms with Gasteiger partial charge in [-0.1, -0.05) is 12.1 Å². The summed E-state index contributed by atoms with van der Waals surface area (Å²) in [6, 6.07) is 6.31. The number of carbonyl (C=O) groups excluding carboxylic acids is 2. The molecule has 7 nitrogen and oxygen atoms in total. The number of benzene rings is 1. The van der Waals surface area contributed by atoms with Crippen LogP contribution in [0.5, 0.6) is 0 Å². The minimum atomic E-state index is -3.61. The molecule has 0 aliphatic heterocycles. The van der Waals surface area contributed by atoms with Crippen LogP contribution in [-0.4, -0.2) is 46.7 Å². The van der Waals surface area contributed by atoms with Crippen molar-refractivity contribution < 1.29 is 22.7 Å². The zero-order valence-electron chi connectivity index (χ0n) is 13.1. The molecule has 1 fully saturated rings. The number of para-hydroxylation sites is 1. The van der Waals surface area contributed by atoms with Gasteiger partial charge in [-0.05, 0) is 25.0 Å². The van der Waals surface area contributed by atoms with Gasteiger partial charge in [-0.15, -0.1) is 0 Å². The molecule has 0 spiro atoms. The number of esters is 1. The molecule has 0 atom stereocenters. The van der Waals surface area contributed by atoms with Gasteiger partial charge in [-0.3, -0.25) is 9.10 Å². The second-order valence-electron chi connectivity index (χ2n) is 5.41. The van der Waals surface area contributed by atoms with E-state index in [1.165, 1.54) is 19.2 Å². The Morgan fingerprint density at radius 1 is 1.30 bits per heavy atom. The first kappa shape index (κ1) is 17.3. The third kappa shape index (κ3) is 4.44. The molecule has 0 aromatic heterocycles. The Labute approximate surface area is 135 Å². The van der Waals surface area contributed by atoms with Gasteiger partial charge in [-0.25, -0.2) is 13.2 Å². The van der Waals surface area contributed by atoms with E-state index >= 15 is 0 Å². The topological polar surface area (TPSA) is 92.8 Å². The molecular formula is C15H20N2O5S. The van der Waals surface area contributed by atoms with E-state index < -0.39 is 16.0 Å². The lowest BCUT2D eigenvalue weighted by Crippen LogP contribution is -2.39. The molecule has 23 heavy (non-hydrogen) atoms. The third-order valence-corrected chi connectivity index (χ3v) is 4.72. The normalized spacial score (nSPS) is 14.2. The number of ether oxygens (including phenoxy) is 1. The third-order valence-electron chi connectivity index (χ3n) is 3.54. The number of sulfonamides is 1. The largest absolute Gasteiger partial charge is 0.465 e. The van der Waals surface area contributed by atoms with Crippen LogP contribution in [0.3, 0.4) is 0 Å². The van der Waals surface area contributed by atoms with Crippen molar-refractivity contribution in [1.82, 2.24) is 5.32 Å². The maximum atomic E-state index is 12.1. The molecule has 1 aromatic rings. The zero-order chi connectivity index (χ0) is 17.0. The van der Waals surface area contributed by atoms with Crippen LogP contribution >= 0.6 is 0 Å². The summed E-state index contributed by atoms with van der Waals surface area (Å²) < 4.78 is 30.0. The first-order chi connectivity index (χ1) is 10.8. The first-order valence-electron chi connectivity index (χ1n) is 7.27. The predicted octanol–water partition coefficient (Wildman–Crippen LogP) is 0.765. The average Bonchev–Trinajstić information content (AvgIpc) is 3.34. The van der Waals surface area contributed by atoms with E-state index in [1.54, 1.807) is 12.1 Å². The molecule has 1 aliphatic carbocycles. The van der Waals surface area contributed by atoms with E-state index in [1.807, 2.05) is 0 Å². The molecule has 1 N–H and O–H groups in total. The van der Waals surface area contributed by atoms with E-state index in [-0.39, 0.29) is 36.2 Å². The minimum Gasteiger partial charge on any atom is -0.465 e. The molecule has 1 aromatic carbocycles. The van der Waals surface area contributed by atoms with E-state index in [0.717, 1.165) is 23.4 Å². The van der Waals surface area contributed by atoms with Crippen molar-refractivity contribution in [3.8, 4) is 0 Å². The summed E-state index contributed by atoms with van der Waals surface area (Å²) in [5, 5.41) is 2.72. The first-order valence-corrected chi connectivity index (χ1v) is 9.12. The summed E-state index contributed by atoms with van der Waals surface area (Å²) in [4.78, 5) is 23.5. The Morgan fingerprint density at radius 2 is 1.96 bits per heavy atom. The highest BCUT2D eigenvalue weighted by Gasteiger charge is 2.29. The number of anilines is 1. The molecule has 0 radical (unpaired) electrons. The van der Waals surface area contributed by atoms with Crippen molar-refractivity contribution in [2.24, 2.45) is 5.92 Å². The van der Waals surface area contributed by atoms with E-state index in [9.17, 15) is 18.0 Å². The van der Waals surface area contributed by atoms with Crippen LogP contribution < -0.4 is 9.62 Å². The average molecular weight is 340 g/mol.